The zero-order valence-electron chi connectivity index (χ0n) is 23.8. The lowest BCUT2D eigenvalue weighted by molar-refractivity contribution is 0.0577. The van der Waals surface area contributed by atoms with Crippen LogP contribution >= 0.6 is 11.3 Å². The van der Waals surface area contributed by atoms with Crippen molar-refractivity contribution < 1.29 is 9.59 Å². The third-order valence-electron chi connectivity index (χ3n) is 8.81. The van der Waals surface area contributed by atoms with Crippen LogP contribution in [0.3, 0.4) is 0 Å². The number of pyridine rings is 1. The van der Waals surface area contributed by atoms with Crippen LogP contribution in [0.5, 0.6) is 0 Å². The minimum Gasteiger partial charge on any atom is -0.353 e. The van der Waals surface area contributed by atoms with Crippen molar-refractivity contribution in [2.24, 2.45) is 0 Å². The predicted molar refractivity (Wildman–Crippen MR) is 161 cm³/mol. The summed E-state index contributed by atoms with van der Waals surface area (Å²) in [6.07, 6.45) is 3.58. The molecule has 0 radical (unpaired) electrons. The van der Waals surface area contributed by atoms with Gasteiger partial charge >= 0.3 is 6.03 Å². The number of piperidine rings is 1. The first-order valence-corrected chi connectivity index (χ1v) is 15.7. The molecule has 1 unspecified atom stereocenters. The number of amides is 3. The van der Waals surface area contributed by atoms with Gasteiger partial charge in [0.1, 0.15) is 11.5 Å². The molecule has 41 heavy (non-hydrogen) atoms. The number of thiazole rings is 1. The molecule has 5 heterocycles. The largest absolute Gasteiger partial charge is 0.353 e. The SMILES string of the molecule is CC(c1ccccc1)N1CCN(C(=O)c2csc(C3CCN(C(=O)N4CCN(c5ccccn5)CC4)CC3)n2)CC1. The second-order valence-electron chi connectivity index (χ2n) is 11.2. The topological polar surface area (TPSA) is 76.1 Å². The number of nitrogens with zero attached hydrogens (tertiary/aromatic N) is 7. The Morgan fingerprint density at radius 2 is 1.46 bits per heavy atom. The second kappa shape index (κ2) is 12.6. The fraction of sp³-hybridized carbons (Fsp3) is 0.484. The number of piperazine rings is 2. The summed E-state index contributed by atoms with van der Waals surface area (Å²) in [4.78, 5) is 46.3. The highest BCUT2D eigenvalue weighted by Crippen LogP contribution is 2.31. The van der Waals surface area contributed by atoms with Gasteiger partial charge in [-0.15, -0.1) is 11.3 Å². The number of urea groups is 1. The van der Waals surface area contributed by atoms with Crippen molar-refractivity contribution in [3.8, 4) is 0 Å². The lowest BCUT2D eigenvalue weighted by Crippen LogP contribution is -2.54. The molecule has 216 valence electrons. The van der Waals surface area contributed by atoms with E-state index in [1.54, 1.807) is 11.3 Å². The average Bonchev–Trinajstić information content (AvgIpc) is 3.55. The smallest absolute Gasteiger partial charge is 0.320 e. The highest BCUT2D eigenvalue weighted by Gasteiger charge is 2.31. The second-order valence-corrected chi connectivity index (χ2v) is 12.1. The maximum absolute atomic E-state index is 13.3. The van der Waals surface area contributed by atoms with Crippen LogP contribution < -0.4 is 4.90 Å². The minimum atomic E-state index is 0.0389. The molecule has 3 fully saturated rings. The number of carbonyl (C=O) groups excluding carboxylic acids is 2. The number of likely N-dealkylation sites (tertiary alicyclic amines) is 1. The first kappa shape index (κ1) is 27.7. The van der Waals surface area contributed by atoms with Crippen LogP contribution in [0.4, 0.5) is 10.6 Å². The minimum absolute atomic E-state index is 0.0389. The summed E-state index contributed by atoms with van der Waals surface area (Å²) in [5, 5.41) is 2.95. The zero-order valence-corrected chi connectivity index (χ0v) is 24.6. The van der Waals surface area contributed by atoms with Crippen LogP contribution in [0.2, 0.25) is 0 Å². The number of aromatic nitrogens is 2. The van der Waals surface area contributed by atoms with Gasteiger partial charge in [0, 0.05) is 89.0 Å². The highest BCUT2D eigenvalue weighted by molar-refractivity contribution is 7.09. The molecule has 0 N–H and O–H groups in total. The van der Waals surface area contributed by atoms with Gasteiger partial charge in [-0.1, -0.05) is 36.4 Å². The molecule has 9 nitrogen and oxygen atoms in total. The molecule has 10 heteroatoms. The lowest BCUT2D eigenvalue weighted by Gasteiger charge is -2.39. The van der Waals surface area contributed by atoms with Crippen LogP contribution in [0, 0.1) is 0 Å². The van der Waals surface area contributed by atoms with E-state index in [-0.39, 0.29) is 11.9 Å². The van der Waals surface area contributed by atoms with E-state index in [4.69, 9.17) is 4.98 Å². The molecule has 3 aliphatic heterocycles. The van der Waals surface area contributed by atoms with Gasteiger partial charge in [0.15, 0.2) is 0 Å². The monoisotopic (exact) mass is 573 g/mol. The molecule has 0 saturated carbocycles. The van der Waals surface area contributed by atoms with Crippen molar-refractivity contribution >= 4 is 29.1 Å². The van der Waals surface area contributed by atoms with Crippen LogP contribution in [0.25, 0.3) is 0 Å². The molecular weight excluding hydrogens is 534 g/mol. The van der Waals surface area contributed by atoms with E-state index in [2.05, 4.69) is 46.0 Å². The van der Waals surface area contributed by atoms with Crippen molar-refractivity contribution in [3.63, 3.8) is 0 Å². The van der Waals surface area contributed by atoms with Crippen molar-refractivity contribution in [1.29, 1.82) is 0 Å². The summed E-state index contributed by atoms with van der Waals surface area (Å²) in [6.45, 7) is 9.91. The Hall–Kier alpha value is -3.50. The molecule has 3 aliphatic rings. The third-order valence-corrected chi connectivity index (χ3v) is 9.82. The van der Waals surface area contributed by atoms with E-state index >= 15 is 0 Å². The molecule has 0 bridgehead atoms. The fourth-order valence-electron chi connectivity index (χ4n) is 6.18. The lowest BCUT2D eigenvalue weighted by atomic mass is 9.98. The highest BCUT2D eigenvalue weighted by atomic mass is 32.1. The number of anilines is 1. The van der Waals surface area contributed by atoms with Crippen molar-refractivity contribution in [2.75, 3.05) is 70.3 Å². The molecule has 3 amide bonds. The average molecular weight is 574 g/mol. The number of carbonyl (C=O) groups is 2. The van der Waals surface area contributed by atoms with Crippen molar-refractivity contribution in [1.82, 2.24) is 29.6 Å². The molecule has 1 atom stereocenters. The van der Waals surface area contributed by atoms with E-state index in [0.29, 0.717) is 30.7 Å². The zero-order chi connectivity index (χ0) is 28.2. The van der Waals surface area contributed by atoms with Crippen LogP contribution in [-0.4, -0.2) is 107 Å². The summed E-state index contributed by atoms with van der Waals surface area (Å²) < 4.78 is 0. The summed E-state index contributed by atoms with van der Waals surface area (Å²) >= 11 is 1.59. The molecule has 3 aromatic rings. The van der Waals surface area contributed by atoms with E-state index in [1.165, 1.54) is 5.56 Å². The van der Waals surface area contributed by atoms with Crippen LogP contribution in [0.15, 0.2) is 60.1 Å². The fourth-order valence-corrected chi connectivity index (χ4v) is 7.14. The Labute approximate surface area is 246 Å². The van der Waals surface area contributed by atoms with Gasteiger partial charge < -0.3 is 19.6 Å². The van der Waals surface area contributed by atoms with Gasteiger partial charge in [-0.25, -0.2) is 14.8 Å². The Morgan fingerprint density at radius 1 is 0.805 bits per heavy atom. The van der Waals surface area contributed by atoms with Gasteiger partial charge in [0.2, 0.25) is 0 Å². The first-order chi connectivity index (χ1) is 20.1. The Morgan fingerprint density at radius 3 is 2.15 bits per heavy atom. The molecule has 0 spiro atoms. The van der Waals surface area contributed by atoms with E-state index < -0.39 is 0 Å². The molecular formula is C31H39N7O2S. The maximum Gasteiger partial charge on any atom is 0.320 e. The molecule has 1 aromatic carbocycles. The van der Waals surface area contributed by atoms with Gasteiger partial charge in [-0.2, -0.15) is 0 Å². The van der Waals surface area contributed by atoms with Gasteiger partial charge in [0.05, 0.1) is 5.01 Å². The van der Waals surface area contributed by atoms with Crippen molar-refractivity contribution in [3.05, 3.63) is 76.4 Å². The van der Waals surface area contributed by atoms with Gasteiger partial charge in [0.25, 0.3) is 5.91 Å². The number of hydrogen-bond donors (Lipinski definition) is 0. The van der Waals surface area contributed by atoms with Crippen LogP contribution in [-0.2, 0) is 0 Å². The normalized spacial score (nSPS) is 19.8. The van der Waals surface area contributed by atoms with E-state index in [9.17, 15) is 9.59 Å². The molecule has 6 rings (SSSR count). The number of hydrogen-bond acceptors (Lipinski definition) is 7. The van der Waals surface area contributed by atoms with Crippen molar-refractivity contribution in [2.45, 2.75) is 31.7 Å². The van der Waals surface area contributed by atoms with Crippen LogP contribution in [0.1, 0.15) is 52.8 Å². The van der Waals surface area contributed by atoms with E-state index in [0.717, 1.165) is 76.0 Å². The Kier molecular flexibility index (Phi) is 8.48. The van der Waals surface area contributed by atoms with Gasteiger partial charge in [-0.05, 0) is 37.5 Å². The summed E-state index contributed by atoms with van der Waals surface area (Å²) in [6, 6.07) is 17.0. The van der Waals surface area contributed by atoms with E-state index in [1.807, 2.05) is 50.5 Å². The Balaban J connectivity index is 0.960. The third kappa shape index (κ3) is 6.23. The first-order valence-electron chi connectivity index (χ1n) is 14.8. The molecule has 2 aromatic heterocycles. The molecule has 0 aliphatic carbocycles. The number of rotatable bonds is 5. The summed E-state index contributed by atoms with van der Waals surface area (Å²) in [5.74, 6) is 1.31. The summed E-state index contributed by atoms with van der Waals surface area (Å²) in [7, 11) is 0. The van der Waals surface area contributed by atoms with Gasteiger partial charge in [-0.3, -0.25) is 9.69 Å². The molecule has 3 saturated heterocycles. The summed E-state index contributed by atoms with van der Waals surface area (Å²) in [5.41, 5.74) is 1.88. The maximum atomic E-state index is 13.3. The number of benzene rings is 1. The quantitative estimate of drug-likeness (QED) is 0.456. The Bertz CT molecular complexity index is 1300. The standard InChI is InChI=1S/C31H39N7O2S/c1-24(25-7-3-2-4-8-25)34-15-19-36(20-16-34)30(39)27-23-41-29(33-27)26-10-13-37(14-11-26)31(40)38-21-17-35(18-22-38)28-9-5-6-12-32-28/h2-9,12,23-24,26H,10-11,13-22H2,1H3. The predicted octanol–water partition coefficient (Wildman–Crippen LogP) is 4.18.